The van der Waals surface area contributed by atoms with Gasteiger partial charge in [-0.1, -0.05) is 48.5 Å². The molecule has 4 nitrogen and oxygen atoms in total. The summed E-state index contributed by atoms with van der Waals surface area (Å²) in [6, 6.07) is 20.1. The summed E-state index contributed by atoms with van der Waals surface area (Å²) in [5.41, 5.74) is 2.00. The lowest BCUT2D eigenvalue weighted by atomic mass is 9.83. The van der Waals surface area contributed by atoms with E-state index in [2.05, 4.69) is 12.1 Å². The Morgan fingerprint density at radius 3 is 2.20 bits per heavy atom. The van der Waals surface area contributed by atoms with Crippen LogP contribution < -0.4 is 21.9 Å². The van der Waals surface area contributed by atoms with E-state index < -0.39 is 0 Å². The molecule has 1 amide bonds. The van der Waals surface area contributed by atoms with Gasteiger partial charge in [-0.25, -0.2) is 4.79 Å². The number of hydrogen-bond donors (Lipinski definition) is 0. The number of fused-ring (bicyclic) bond motifs is 3. The molecule has 2 aromatic carbocycles. The van der Waals surface area contributed by atoms with Crippen molar-refractivity contribution in [2.24, 2.45) is 11.8 Å². The van der Waals surface area contributed by atoms with Crippen molar-refractivity contribution >= 4 is 11.8 Å². The summed E-state index contributed by atoms with van der Waals surface area (Å²) in [5, 5.41) is 0. The molecular weight excluding hydrogens is 440 g/mol. The van der Waals surface area contributed by atoms with Gasteiger partial charge in [-0.05, 0) is 30.5 Å². The van der Waals surface area contributed by atoms with Gasteiger partial charge in [0.25, 0.3) is 0 Å². The first-order valence-corrected chi connectivity index (χ1v) is 11.1. The molecule has 0 unspecified atom stereocenters. The van der Waals surface area contributed by atoms with E-state index in [1.165, 1.54) is 49.8 Å². The van der Waals surface area contributed by atoms with Crippen LogP contribution in [0.25, 0.3) is 0 Å². The van der Waals surface area contributed by atoms with Crippen molar-refractivity contribution in [3.8, 4) is 0 Å². The van der Waals surface area contributed by atoms with Crippen molar-refractivity contribution in [1.29, 1.82) is 0 Å². The molecule has 4 aliphatic rings. The Hall–Kier alpha value is -1.85. The van der Waals surface area contributed by atoms with Gasteiger partial charge in [-0.3, -0.25) is 4.90 Å². The van der Waals surface area contributed by atoms with Crippen LogP contribution in [0.2, 0.25) is 0 Å². The highest BCUT2D eigenvalue weighted by atomic mass is 79.9. The van der Waals surface area contributed by atoms with E-state index in [1.807, 2.05) is 48.5 Å². The van der Waals surface area contributed by atoms with E-state index in [-0.39, 0.29) is 29.2 Å². The van der Waals surface area contributed by atoms with E-state index in [0.717, 1.165) is 23.7 Å². The van der Waals surface area contributed by atoms with E-state index in [4.69, 9.17) is 4.74 Å². The fourth-order valence-electron chi connectivity index (χ4n) is 5.29. The van der Waals surface area contributed by atoms with Gasteiger partial charge in [-0.2, -0.15) is 0 Å². The zero-order chi connectivity index (χ0) is 19.7. The van der Waals surface area contributed by atoms with Crippen LogP contribution in [0.1, 0.15) is 31.2 Å². The number of benzene rings is 2. The maximum absolute atomic E-state index is 13.3. The Bertz CT molecular complexity index is 833. The second kappa shape index (κ2) is 9.11. The average molecular weight is 471 g/mol. The highest BCUT2D eigenvalue weighted by Gasteiger charge is 2.49. The largest absolute Gasteiger partial charge is 1.00 e. The minimum atomic E-state index is -0.205. The van der Waals surface area contributed by atoms with Gasteiger partial charge in [0.15, 0.2) is 6.10 Å². The summed E-state index contributed by atoms with van der Waals surface area (Å²) >= 11 is 0. The fraction of sp³-hybridized carbons (Fsp3) is 0.480. The third-order valence-corrected chi connectivity index (χ3v) is 7.11. The molecule has 0 N–H and O–H groups in total. The van der Waals surface area contributed by atoms with Crippen LogP contribution in [0.15, 0.2) is 60.7 Å². The third kappa shape index (κ3) is 4.73. The molecule has 1 aliphatic carbocycles. The number of quaternary nitrogens is 1. The molecule has 0 radical (unpaired) electrons. The first-order valence-electron chi connectivity index (χ1n) is 11.1. The number of anilines is 1. The number of para-hydroxylation sites is 1. The highest BCUT2D eigenvalue weighted by molar-refractivity contribution is 5.87. The molecule has 0 spiro atoms. The van der Waals surface area contributed by atoms with Gasteiger partial charge in [-0.15, -0.1) is 0 Å². The predicted octanol–water partition coefficient (Wildman–Crippen LogP) is 1.85. The van der Waals surface area contributed by atoms with Crippen molar-refractivity contribution in [2.75, 3.05) is 31.1 Å². The van der Waals surface area contributed by atoms with Gasteiger partial charge in [0.1, 0.15) is 6.54 Å². The maximum atomic E-state index is 13.3. The van der Waals surface area contributed by atoms with E-state index in [9.17, 15) is 4.79 Å². The summed E-state index contributed by atoms with van der Waals surface area (Å²) < 4.78 is 7.40. The van der Waals surface area contributed by atoms with Gasteiger partial charge >= 0.3 is 6.09 Å². The van der Waals surface area contributed by atoms with E-state index in [0.29, 0.717) is 12.5 Å². The number of amides is 1. The molecule has 2 bridgehead atoms. The van der Waals surface area contributed by atoms with Gasteiger partial charge in [0.2, 0.25) is 0 Å². The molecule has 2 aromatic rings. The molecule has 1 saturated carbocycles. The molecule has 5 heteroatoms. The topological polar surface area (TPSA) is 29.5 Å². The number of carbonyl (C=O) groups is 1. The molecule has 3 aliphatic heterocycles. The number of nitrogens with zero attached hydrogens (tertiary/aromatic N) is 2. The van der Waals surface area contributed by atoms with Crippen molar-refractivity contribution in [1.82, 2.24) is 0 Å². The Morgan fingerprint density at radius 1 is 0.933 bits per heavy atom. The number of halogens is 1. The zero-order valence-electron chi connectivity index (χ0n) is 17.5. The molecule has 3 saturated heterocycles. The third-order valence-electron chi connectivity index (χ3n) is 7.11. The quantitative estimate of drug-likeness (QED) is 0.603. The Balaban J connectivity index is 0.00000218. The second-order valence-corrected chi connectivity index (χ2v) is 9.26. The highest BCUT2D eigenvalue weighted by Crippen LogP contribution is 2.40. The van der Waals surface area contributed by atoms with Crippen molar-refractivity contribution in [3.05, 3.63) is 66.2 Å². The standard InChI is InChI=1S/C25H31N2O2.BrH/c28-25(26(23-9-5-2-6-10-23)17-20-7-3-1-4-8-20)29-24-19-27(18-21-11-12-21)15-13-22(24)14-16-27;/h1-10,21-22,24H,11-19H2;1H/q+1;/p-1/t22?,24-,27?;/m0./s1. The minimum Gasteiger partial charge on any atom is -1.00 e. The summed E-state index contributed by atoms with van der Waals surface area (Å²) in [5.74, 6) is 1.45. The average Bonchev–Trinajstić information content (AvgIpc) is 3.57. The minimum absolute atomic E-state index is 0. The molecular formula is C25H31BrN2O2. The smallest absolute Gasteiger partial charge is 0.415 e. The molecule has 6 rings (SSSR count). The Labute approximate surface area is 190 Å². The fourth-order valence-corrected chi connectivity index (χ4v) is 5.29. The number of ether oxygens (including phenoxy) is 1. The van der Waals surface area contributed by atoms with Crippen LogP contribution in [0.4, 0.5) is 10.5 Å². The summed E-state index contributed by atoms with van der Waals surface area (Å²) in [6.07, 6.45) is 5.05. The van der Waals surface area contributed by atoms with E-state index >= 15 is 0 Å². The predicted molar refractivity (Wildman–Crippen MR) is 115 cm³/mol. The SMILES string of the molecule is O=C(O[C@H]1C[N+]2(CC3CC3)CCC1CC2)N(Cc1ccccc1)c1ccccc1.[Br-]. The zero-order valence-corrected chi connectivity index (χ0v) is 19.0. The Morgan fingerprint density at radius 2 is 1.57 bits per heavy atom. The first-order chi connectivity index (χ1) is 14.2. The summed E-state index contributed by atoms with van der Waals surface area (Å²) in [4.78, 5) is 15.1. The lowest BCUT2D eigenvalue weighted by molar-refractivity contribution is -0.947. The molecule has 3 heterocycles. The molecule has 30 heavy (non-hydrogen) atoms. The van der Waals surface area contributed by atoms with Crippen LogP contribution in [-0.2, 0) is 11.3 Å². The molecule has 160 valence electrons. The van der Waals surface area contributed by atoms with E-state index in [1.54, 1.807) is 4.90 Å². The molecule has 4 fully saturated rings. The number of hydrogen-bond acceptors (Lipinski definition) is 2. The number of rotatable bonds is 6. The first kappa shape index (κ1) is 21.4. The van der Waals surface area contributed by atoms with Crippen molar-refractivity contribution < 1.29 is 31.0 Å². The van der Waals surface area contributed by atoms with Crippen LogP contribution in [0.5, 0.6) is 0 Å². The van der Waals surface area contributed by atoms with Crippen molar-refractivity contribution in [2.45, 2.75) is 38.3 Å². The summed E-state index contributed by atoms with van der Waals surface area (Å²) in [7, 11) is 0. The Kier molecular flexibility index (Phi) is 6.49. The normalized spacial score (nSPS) is 27.2. The van der Waals surface area contributed by atoms with Gasteiger partial charge in [0.05, 0.1) is 26.2 Å². The van der Waals surface area contributed by atoms with Crippen LogP contribution in [-0.4, -0.2) is 42.9 Å². The number of carbonyl (C=O) groups excluding carboxylic acids is 1. The maximum Gasteiger partial charge on any atom is 0.415 e. The lowest BCUT2D eigenvalue weighted by Gasteiger charge is -2.52. The van der Waals surface area contributed by atoms with Gasteiger partial charge in [0, 0.05) is 30.4 Å². The van der Waals surface area contributed by atoms with Crippen LogP contribution >= 0.6 is 0 Å². The second-order valence-electron chi connectivity index (χ2n) is 9.26. The monoisotopic (exact) mass is 470 g/mol. The van der Waals surface area contributed by atoms with Crippen LogP contribution in [0, 0.1) is 11.8 Å². The number of piperidine rings is 3. The molecule has 1 atom stereocenters. The van der Waals surface area contributed by atoms with Crippen molar-refractivity contribution in [3.63, 3.8) is 0 Å². The summed E-state index contributed by atoms with van der Waals surface area (Å²) in [6.45, 7) is 5.40. The molecule has 0 aromatic heterocycles. The van der Waals surface area contributed by atoms with Gasteiger partial charge < -0.3 is 26.2 Å². The van der Waals surface area contributed by atoms with Crippen LogP contribution in [0.3, 0.4) is 0 Å². The lowest BCUT2D eigenvalue weighted by Crippen LogP contribution is -3.00.